The normalized spacial score (nSPS) is 11.4. The Morgan fingerprint density at radius 2 is 1.71 bits per heavy atom. The van der Waals surface area contributed by atoms with Crippen LogP contribution in [0.3, 0.4) is 0 Å². The van der Waals surface area contributed by atoms with Crippen molar-refractivity contribution < 1.29 is 27.1 Å². The van der Waals surface area contributed by atoms with E-state index in [4.69, 9.17) is 4.74 Å². The van der Waals surface area contributed by atoms with Crippen molar-refractivity contribution in [3.8, 4) is 16.9 Å². The van der Waals surface area contributed by atoms with Gasteiger partial charge in [0, 0.05) is 22.3 Å². The van der Waals surface area contributed by atoms with E-state index in [1.54, 1.807) is 53.2 Å². The van der Waals surface area contributed by atoms with Crippen LogP contribution in [-0.2, 0) is 11.2 Å². The average Bonchev–Trinajstić information content (AvgIpc) is 3.35. The Hall–Kier alpha value is -4.58. The third-order valence-corrected chi connectivity index (χ3v) is 6.66. The Balaban J connectivity index is 1.28. The fourth-order valence-corrected chi connectivity index (χ4v) is 4.41. The van der Waals surface area contributed by atoms with E-state index in [9.17, 15) is 22.4 Å². The molecule has 1 amide bonds. The number of nitrogens with one attached hydrogen (secondary N) is 2. The van der Waals surface area contributed by atoms with Crippen LogP contribution in [0.25, 0.3) is 16.8 Å². The van der Waals surface area contributed by atoms with Crippen LogP contribution < -0.4 is 15.4 Å². The van der Waals surface area contributed by atoms with Gasteiger partial charge in [0.05, 0.1) is 12.1 Å². The van der Waals surface area contributed by atoms with E-state index >= 15 is 0 Å². The number of nitrogens with zero attached hydrogens (tertiary/aromatic N) is 3. The van der Waals surface area contributed by atoms with Crippen molar-refractivity contribution in [2.75, 3.05) is 23.5 Å². The average molecular weight is 582 g/mol. The molecular formula is C29H23F4N5O2S. The first-order chi connectivity index (χ1) is 19.6. The number of benzene rings is 3. The van der Waals surface area contributed by atoms with E-state index in [1.807, 2.05) is 24.5 Å². The summed E-state index contributed by atoms with van der Waals surface area (Å²) in [7, 11) is 0. The number of hydrogen-bond donors (Lipinski definition) is 2. The van der Waals surface area contributed by atoms with Gasteiger partial charge in [-0.05, 0) is 72.0 Å². The van der Waals surface area contributed by atoms with Crippen molar-refractivity contribution in [2.24, 2.45) is 0 Å². The molecular weight excluding hydrogens is 558 g/mol. The molecule has 0 spiro atoms. The molecule has 0 aliphatic heterocycles. The number of alkyl halides is 3. The van der Waals surface area contributed by atoms with Crippen molar-refractivity contribution >= 4 is 40.6 Å². The van der Waals surface area contributed by atoms with E-state index in [-0.39, 0.29) is 29.8 Å². The van der Waals surface area contributed by atoms with Crippen LogP contribution >= 0.6 is 11.8 Å². The highest BCUT2D eigenvalue weighted by atomic mass is 32.2. The van der Waals surface area contributed by atoms with Crippen molar-refractivity contribution in [1.29, 1.82) is 0 Å². The minimum atomic E-state index is -4.47. The standard InChI is InChI=1S/C29H23F4N5O2S/c1-41-23-11-12-24(25(15-23)40-17-29(31,32)33)35-28-36-26-13-6-20(16-38(26)37-28)19-4-9-22(10-5-19)34-27(39)14-18-2-7-21(30)8-3-18/h2-13,15-16H,14,17H2,1H3,(H,34,39)(H,35,37). The summed E-state index contributed by atoms with van der Waals surface area (Å²) in [6, 6.07) is 21.6. The maximum atomic E-state index is 13.1. The van der Waals surface area contributed by atoms with Crippen molar-refractivity contribution in [3.05, 3.63) is 96.4 Å². The van der Waals surface area contributed by atoms with Gasteiger partial charge < -0.3 is 15.4 Å². The van der Waals surface area contributed by atoms with Gasteiger partial charge in [-0.3, -0.25) is 4.79 Å². The highest BCUT2D eigenvalue weighted by Gasteiger charge is 2.29. The number of anilines is 3. The van der Waals surface area contributed by atoms with Crippen LogP contribution in [0.4, 0.5) is 34.9 Å². The molecule has 2 N–H and O–H groups in total. The van der Waals surface area contributed by atoms with Crippen molar-refractivity contribution in [2.45, 2.75) is 17.5 Å². The number of rotatable bonds is 9. The molecule has 0 radical (unpaired) electrons. The second-order valence-electron chi connectivity index (χ2n) is 8.98. The zero-order valence-corrected chi connectivity index (χ0v) is 22.4. The molecule has 0 bridgehead atoms. The highest BCUT2D eigenvalue weighted by Crippen LogP contribution is 2.33. The summed E-state index contributed by atoms with van der Waals surface area (Å²) in [6.07, 6.45) is -0.762. The molecule has 0 saturated heterocycles. The number of aromatic nitrogens is 3. The van der Waals surface area contributed by atoms with Crippen LogP contribution in [0.2, 0.25) is 0 Å². The minimum Gasteiger partial charge on any atom is -0.482 e. The largest absolute Gasteiger partial charge is 0.482 e. The Morgan fingerprint density at radius 1 is 0.976 bits per heavy atom. The van der Waals surface area contributed by atoms with Gasteiger partial charge in [0.25, 0.3) is 0 Å². The number of halogens is 4. The molecule has 0 aliphatic carbocycles. The Labute approximate surface area is 236 Å². The van der Waals surface area contributed by atoms with Gasteiger partial charge in [0.2, 0.25) is 11.9 Å². The van der Waals surface area contributed by atoms with Crippen LogP contribution in [0.5, 0.6) is 5.75 Å². The number of ether oxygens (including phenoxy) is 1. The monoisotopic (exact) mass is 581 g/mol. The van der Waals surface area contributed by atoms with Gasteiger partial charge in [-0.1, -0.05) is 24.3 Å². The second-order valence-corrected chi connectivity index (χ2v) is 9.86. The van der Waals surface area contributed by atoms with E-state index < -0.39 is 12.8 Å². The molecule has 0 fully saturated rings. The fourth-order valence-electron chi connectivity index (χ4n) is 3.98. The van der Waals surface area contributed by atoms with E-state index in [0.717, 1.165) is 16.0 Å². The topological polar surface area (TPSA) is 80.6 Å². The van der Waals surface area contributed by atoms with Crippen LogP contribution in [0, 0.1) is 5.82 Å². The molecule has 210 valence electrons. The minimum absolute atomic E-state index is 0.0403. The molecule has 0 unspecified atom stereocenters. The molecule has 5 aromatic rings. The molecule has 2 heterocycles. The number of carbonyl (C=O) groups excluding carboxylic acids is 1. The summed E-state index contributed by atoms with van der Waals surface area (Å²) in [6.45, 7) is -1.42. The smallest absolute Gasteiger partial charge is 0.422 e. The molecule has 41 heavy (non-hydrogen) atoms. The zero-order valence-electron chi connectivity index (χ0n) is 21.6. The van der Waals surface area contributed by atoms with Gasteiger partial charge in [0.1, 0.15) is 11.6 Å². The SMILES string of the molecule is CSc1ccc(Nc2nc3ccc(-c4ccc(NC(=O)Cc5ccc(F)cc5)cc4)cn3n2)c(OCC(F)(F)F)c1. The third kappa shape index (κ3) is 7.34. The molecule has 3 aromatic carbocycles. The predicted octanol–water partition coefficient (Wildman–Crippen LogP) is 7.12. The lowest BCUT2D eigenvalue weighted by molar-refractivity contribution is -0.153. The molecule has 0 atom stereocenters. The molecule has 12 heteroatoms. The van der Waals surface area contributed by atoms with Crippen LogP contribution in [0.15, 0.2) is 90.0 Å². The molecule has 0 saturated carbocycles. The maximum absolute atomic E-state index is 13.1. The summed E-state index contributed by atoms with van der Waals surface area (Å²) < 4.78 is 57.9. The van der Waals surface area contributed by atoms with E-state index in [0.29, 0.717) is 22.6 Å². The van der Waals surface area contributed by atoms with Crippen LogP contribution in [0.1, 0.15) is 5.56 Å². The molecule has 2 aromatic heterocycles. The summed E-state index contributed by atoms with van der Waals surface area (Å²) >= 11 is 1.38. The first-order valence-electron chi connectivity index (χ1n) is 12.3. The van der Waals surface area contributed by atoms with E-state index in [1.165, 1.54) is 30.0 Å². The summed E-state index contributed by atoms with van der Waals surface area (Å²) in [5.74, 6) is -0.344. The first-order valence-corrected chi connectivity index (χ1v) is 13.5. The van der Waals surface area contributed by atoms with Gasteiger partial charge in [0.15, 0.2) is 12.3 Å². The number of pyridine rings is 1. The zero-order chi connectivity index (χ0) is 29.0. The van der Waals surface area contributed by atoms with Gasteiger partial charge >= 0.3 is 6.18 Å². The third-order valence-electron chi connectivity index (χ3n) is 5.94. The number of thioether (sulfide) groups is 1. The second kappa shape index (κ2) is 11.9. The quantitative estimate of drug-likeness (QED) is 0.143. The summed E-state index contributed by atoms with van der Waals surface area (Å²) in [5.41, 5.74) is 3.85. The highest BCUT2D eigenvalue weighted by molar-refractivity contribution is 7.98. The van der Waals surface area contributed by atoms with Gasteiger partial charge in [-0.2, -0.15) is 18.2 Å². The summed E-state index contributed by atoms with van der Waals surface area (Å²) in [4.78, 5) is 17.5. The molecule has 0 aliphatic rings. The Kier molecular flexibility index (Phi) is 8.11. The van der Waals surface area contributed by atoms with Crippen molar-refractivity contribution in [1.82, 2.24) is 14.6 Å². The lowest BCUT2D eigenvalue weighted by Gasteiger charge is -2.14. The summed E-state index contributed by atoms with van der Waals surface area (Å²) in [5, 5.41) is 10.2. The van der Waals surface area contributed by atoms with Crippen molar-refractivity contribution in [3.63, 3.8) is 0 Å². The molecule has 5 rings (SSSR count). The lowest BCUT2D eigenvalue weighted by atomic mass is 10.1. The van der Waals surface area contributed by atoms with Crippen LogP contribution in [-0.4, -0.2) is 39.5 Å². The molecule has 7 nitrogen and oxygen atoms in total. The lowest BCUT2D eigenvalue weighted by Crippen LogP contribution is -2.19. The number of amides is 1. The Bertz CT molecular complexity index is 1670. The number of carbonyl (C=O) groups is 1. The van der Waals surface area contributed by atoms with E-state index in [2.05, 4.69) is 20.7 Å². The number of hydrogen-bond acceptors (Lipinski definition) is 6. The fraction of sp³-hybridized carbons (Fsp3) is 0.138. The predicted molar refractivity (Wildman–Crippen MR) is 150 cm³/mol. The van der Waals surface area contributed by atoms with Gasteiger partial charge in [-0.15, -0.1) is 16.9 Å². The first kappa shape index (κ1) is 28.0. The van der Waals surface area contributed by atoms with Gasteiger partial charge in [-0.25, -0.2) is 8.91 Å². The number of fused-ring (bicyclic) bond motifs is 1. The maximum Gasteiger partial charge on any atom is 0.422 e. The Morgan fingerprint density at radius 3 is 2.41 bits per heavy atom.